The molecule has 0 saturated carbocycles. The Bertz CT molecular complexity index is 751. The van der Waals surface area contributed by atoms with Crippen molar-refractivity contribution in [2.24, 2.45) is 0 Å². The van der Waals surface area contributed by atoms with E-state index in [0.29, 0.717) is 16.7 Å². The summed E-state index contributed by atoms with van der Waals surface area (Å²) in [6, 6.07) is 6.74. The van der Waals surface area contributed by atoms with Crippen LogP contribution in [0.3, 0.4) is 0 Å². The van der Waals surface area contributed by atoms with Gasteiger partial charge < -0.3 is 9.64 Å². The molecule has 1 aromatic heterocycles. The van der Waals surface area contributed by atoms with Gasteiger partial charge in [0.15, 0.2) is 17.7 Å². The molecule has 6 heteroatoms. The van der Waals surface area contributed by atoms with Crippen LogP contribution in [0.5, 0.6) is 5.75 Å². The van der Waals surface area contributed by atoms with Gasteiger partial charge in [-0.2, -0.15) is 0 Å². The molecule has 4 nitrogen and oxygen atoms in total. The van der Waals surface area contributed by atoms with Crippen LogP contribution < -0.4 is 9.64 Å². The number of carbonyl (C=O) groups is 1. The number of hydrogen-bond donors (Lipinski definition) is 0. The number of pyridine rings is 1. The summed E-state index contributed by atoms with van der Waals surface area (Å²) in [4.78, 5) is 18.2. The van der Waals surface area contributed by atoms with Crippen molar-refractivity contribution in [2.45, 2.75) is 26.5 Å². The number of rotatable bonds is 2. The molecule has 0 unspecified atom stereocenters. The number of anilines is 1. The largest absolute Gasteiger partial charge is 0.476 e. The van der Waals surface area contributed by atoms with E-state index in [1.54, 1.807) is 24.1 Å². The Morgan fingerprint density at radius 3 is 2.95 bits per heavy atom. The van der Waals surface area contributed by atoms with Gasteiger partial charge in [0.25, 0.3) is 5.91 Å². The molecule has 2 heterocycles. The number of amides is 1. The van der Waals surface area contributed by atoms with Crippen molar-refractivity contribution in [3.63, 3.8) is 0 Å². The second-order valence-electron chi connectivity index (χ2n) is 5.17. The average molecular weight is 365 g/mol. The minimum atomic E-state index is -0.722. The van der Waals surface area contributed by atoms with E-state index in [1.165, 1.54) is 6.07 Å². The second-order valence-corrected chi connectivity index (χ2v) is 6.08. The number of nitrogens with zero attached hydrogens (tertiary/aromatic N) is 2. The first-order valence-corrected chi connectivity index (χ1v) is 7.64. The highest BCUT2D eigenvalue weighted by atomic mass is 79.9. The van der Waals surface area contributed by atoms with Crippen molar-refractivity contribution in [1.29, 1.82) is 0 Å². The molecule has 0 N–H and O–H groups in total. The molecule has 0 aliphatic carbocycles. The number of aryl methyl sites for hydroxylation is 1. The highest BCUT2D eigenvalue weighted by molar-refractivity contribution is 9.10. The molecule has 1 amide bonds. The van der Waals surface area contributed by atoms with Crippen LogP contribution in [-0.2, 0) is 11.3 Å². The number of halogens is 2. The van der Waals surface area contributed by atoms with Crippen molar-refractivity contribution < 1.29 is 13.9 Å². The normalized spacial score (nSPS) is 17.2. The molecule has 0 radical (unpaired) electrons. The third-order valence-electron chi connectivity index (χ3n) is 3.63. The first-order chi connectivity index (χ1) is 10.5. The fraction of sp³-hybridized carbons (Fsp3) is 0.250. The van der Waals surface area contributed by atoms with E-state index >= 15 is 0 Å². The highest BCUT2D eigenvalue weighted by Gasteiger charge is 2.34. The predicted octanol–water partition coefficient (Wildman–Crippen LogP) is 3.61. The van der Waals surface area contributed by atoms with Gasteiger partial charge in [0.1, 0.15) is 0 Å². The molecule has 0 fully saturated rings. The van der Waals surface area contributed by atoms with Gasteiger partial charge in [0.05, 0.1) is 12.2 Å². The molecule has 1 atom stereocenters. The molecular weight excluding hydrogens is 351 g/mol. The molecule has 1 aromatic carbocycles. The summed E-state index contributed by atoms with van der Waals surface area (Å²) in [5.41, 5.74) is 2.18. The minimum Gasteiger partial charge on any atom is -0.476 e. The van der Waals surface area contributed by atoms with Gasteiger partial charge in [0, 0.05) is 16.4 Å². The van der Waals surface area contributed by atoms with Gasteiger partial charge in [-0.15, -0.1) is 0 Å². The zero-order chi connectivity index (χ0) is 15.9. The first-order valence-electron chi connectivity index (χ1n) is 6.85. The summed E-state index contributed by atoms with van der Waals surface area (Å²) in [7, 11) is 0. The zero-order valence-electron chi connectivity index (χ0n) is 12.1. The fourth-order valence-electron chi connectivity index (χ4n) is 2.45. The van der Waals surface area contributed by atoms with Crippen molar-refractivity contribution in [3.8, 4) is 5.75 Å². The van der Waals surface area contributed by atoms with Gasteiger partial charge in [0.2, 0.25) is 0 Å². The van der Waals surface area contributed by atoms with Crippen LogP contribution in [0, 0.1) is 12.7 Å². The van der Waals surface area contributed by atoms with E-state index in [2.05, 4.69) is 20.9 Å². The molecule has 114 valence electrons. The summed E-state index contributed by atoms with van der Waals surface area (Å²) < 4.78 is 20.1. The lowest BCUT2D eigenvalue weighted by atomic mass is 10.1. The van der Waals surface area contributed by atoms with Crippen LogP contribution in [0.25, 0.3) is 0 Å². The van der Waals surface area contributed by atoms with Crippen molar-refractivity contribution in [2.75, 3.05) is 4.90 Å². The molecule has 0 spiro atoms. The topological polar surface area (TPSA) is 42.4 Å². The maximum Gasteiger partial charge on any atom is 0.268 e. The number of aromatic nitrogens is 1. The lowest BCUT2D eigenvalue weighted by Crippen LogP contribution is -2.44. The van der Waals surface area contributed by atoms with E-state index in [4.69, 9.17) is 4.74 Å². The highest BCUT2D eigenvalue weighted by Crippen LogP contribution is 2.39. The molecule has 3 rings (SSSR count). The first kappa shape index (κ1) is 15.0. The van der Waals surface area contributed by atoms with Gasteiger partial charge in [-0.3, -0.25) is 9.78 Å². The van der Waals surface area contributed by atoms with Crippen LogP contribution in [0.2, 0.25) is 0 Å². The SMILES string of the molecule is Cc1ncccc1CN1C(=O)[C@@H](C)Oc2c(F)cc(Br)cc21. The average Bonchev–Trinajstić information content (AvgIpc) is 2.47. The Labute approximate surface area is 136 Å². The molecule has 0 saturated heterocycles. The smallest absolute Gasteiger partial charge is 0.268 e. The van der Waals surface area contributed by atoms with E-state index in [-0.39, 0.29) is 11.7 Å². The molecule has 0 bridgehead atoms. The van der Waals surface area contributed by atoms with Crippen LogP contribution in [-0.4, -0.2) is 17.0 Å². The Hall–Kier alpha value is -1.95. The van der Waals surface area contributed by atoms with E-state index < -0.39 is 11.9 Å². The Kier molecular flexibility index (Phi) is 3.87. The Morgan fingerprint density at radius 2 is 2.23 bits per heavy atom. The summed E-state index contributed by atoms with van der Waals surface area (Å²) >= 11 is 3.26. The summed E-state index contributed by atoms with van der Waals surface area (Å²) in [5.74, 6) is -0.582. The van der Waals surface area contributed by atoms with Crippen molar-refractivity contribution in [3.05, 3.63) is 52.0 Å². The Morgan fingerprint density at radius 1 is 1.45 bits per heavy atom. The summed E-state index contributed by atoms with van der Waals surface area (Å²) in [5, 5.41) is 0. The quantitative estimate of drug-likeness (QED) is 0.817. The van der Waals surface area contributed by atoms with Gasteiger partial charge in [-0.1, -0.05) is 22.0 Å². The van der Waals surface area contributed by atoms with Crippen molar-refractivity contribution in [1.82, 2.24) is 4.98 Å². The van der Waals surface area contributed by atoms with Crippen LogP contribution >= 0.6 is 15.9 Å². The number of ether oxygens (including phenoxy) is 1. The van der Waals surface area contributed by atoms with E-state index in [9.17, 15) is 9.18 Å². The maximum atomic E-state index is 14.1. The maximum absolute atomic E-state index is 14.1. The van der Waals surface area contributed by atoms with E-state index in [0.717, 1.165) is 11.3 Å². The number of carbonyl (C=O) groups excluding carboxylic acids is 1. The molecular formula is C16H14BrFN2O2. The predicted molar refractivity (Wildman–Crippen MR) is 84.4 cm³/mol. The summed E-state index contributed by atoms with van der Waals surface area (Å²) in [6.07, 6.45) is 0.979. The van der Waals surface area contributed by atoms with Gasteiger partial charge in [-0.25, -0.2) is 4.39 Å². The fourth-order valence-corrected chi connectivity index (χ4v) is 2.87. The number of fused-ring (bicyclic) bond motifs is 1. The number of hydrogen-bond acceptors (Lipinski definition) is 3. The lowest BCUT2D eigenvalue weighted by molar-refractivity contribution is -0.125. The second kappa shape index (κ2) is 5.68. The molecule has 2 aromatic rings. The van der Waals surface area contributed by atoms with Gasteiger partial charge >= 0.3 is 0 Å². The monoisotopic (exact) mass is 364 g/mol. The molecule has 1 aliphatic rings. The minimum absolute atomic E-state index is 0.108. The standard InChI is InChI=1S/C16H14BrFN2O2/c1-9-11(4-3-5-19-9)8-20-14-7-12(17)6-13(18)15(14)22-10(2)16(20)21/h3-7,10H,8H2,1-2H3/t10-/m1/s1. The van der Waals surface area contributed by atoms with E-state index in [1.807, 2.05) is 19.1 Å². The third kappa shape index (κ3) is 2.59. The van der Waals surface area contributed by atoms with Gasteiger partial charge in [-0.05, 0) is 37.6 Å². The number of benzene rings is 1. The van der Waals surface area contributed by atoms with Crippen LogP contribution in [0.15, 0.2) is 34.9 Å². The Balaban J connectivity index is 2.07. The van der Waals surface area contributed by atoms with Crippen LogP contribution in [0.1, 0.15) is 18.2 Å². The lowest BCUT2D eigenvalue weighted by Gasteiger charge is -2.33. The van der Waals surface area contributed by atoms with Crippen molar-refractivity contribution >= 4 is 27.5 Å². The summed E-state index contributed by atoms with van der Waals surface area (Å²) in [6.45, 7) is 3.83. The molecule has 1 aliphatic heterocycles. The zero-order valence-corrected chi connectivity index (χ0v) is 13.7. The molecule has 22 heavy (non-hydrogen) atoms. The van der Waals surface area contributed by atoms with Crippen LogP contribution in [0.4, 0.5) is 10.1 Å². The third-order valence-corrected chi connectivity index (χ3v) is 4.09.